The minimum absolute atomic E-state index is 0.125. The van der Waals surface area contributed by atoms with Crippen molar-refractivity contribution in [3.8, 4) is 0 Å². The Kier molecular flexibility index (Phi) is 40.0. The first-order valence-corrected chi connectivity index (χ1v) is 4.76. The molecule has 0 saturated carbocycles. The van der Waals surface area contributed by atoms with Crippen molar-refractivity contribution < 1.29 is 14.9 Å². The summed E-state index contributed by atoms with van der Waals surface area (Å²) in [4.78, 5) is 0. The first-order chi connectivity index (χ1) is 6.74. The van der Waals surface area contributed by atoms with Gasteiger partial charge in [-0.1, -0.05) is 12.2 Å². The summed E-state index contributed by atoms with van der Waals surface area (Å²) in [6.45, 7) is 12.4. The summed E-state index contributed by atoms with van der Waals surface area (Å²) in [6.07, 6.45) is 4.54. The van der Waals surface area contributed by atoms with Gasteiger partial charge in [0.2, 0.25) is 0 Å². The van der Waals surface area contributed by atoms with Gasteiger partial charge in [-0.05, 0) is 20.3 Å². The Morgan fingerprint density at radius 2 is 1.36 bits per heavy atom. The molecule has 0 aromatic heterocycles. The van der Waals surface area contributed by atoms with Crippen molar-refractivity contribution in [3.63, 3.8) is 0 Å². The van der Waals surface area contributed by atoms with Crippen molar-refractivity contribution in [3.05, 3.63) is 25.3 Å². The number of aliphatic hydroxyl groups excluding tert-OH is 2. The molecule has 0 aliphatic heterocycles. The van der Waals surface area contributed by atoms with E-state index in [1.807, 2.05) is 26.0 Å². The summed E-state index contributed by atoms with van der Waals surface area (Å²) in [5.41, 5.74) is 0. The van der Waals surface area contributed by atoms with E-state index >= 15 is 0 Å². The molecule has 0 aliphatic rings. The van der Waals surface area contributed by atoms with Gasteiger partial charge in [-0.15, -0.1) is 13.2 Å². The van der Waals surface area contributed by atoms with Gasteiger partial charge in [0.1, 0.15) is 0 Å². The summed E-state index contributed by atoms with van der Waals surface area (Å²) < 4.78 is 4.83. The molecule has 0 heterocycles. The van der Waals surface area contributed by atoms with Gasteiger partial charge < -0.3 is 14.9 Å². The molecule has 0 amide bonds. The third-order valence-corrected chi connectivity index (χ3v) is 0.842. The summed E-state index contributed by atoms with van der Waals surface area (Å²) in [5, 5.41) is 15.2. The van der Waals surface area contributed by atoms with Crippen LogP contribution in [0, 0.1) is 0 Å². The average Bonchev–Trinajstić information content (AvgIpc) is 2.22. The predicted octanol–water partition coefficient (Wildman–Crippen LogP) is 1.76. The van der Waals surface area contributed by atoms with Gasteiger partial charge in [0.15, 0.2) is 0 Å². The molecule has 3 heteroatoms. The van der Waals surface area contributed by atoms with Gasteiger partial charge in [0.25, 0.3) is 0 Å². The van der Waals surface area contributed by atoms with Gasteiger partial charge in [-0.2, -0.15) is 0 Å². The summed E-state index contributed by atoms with van der Waals surface area (Å²) in [7, 11) is 0. The molecule has 0 spiro atoms. The molecule has 0 aliphatic carbocycles. The Bertz CT molecular complexity index is 82.5. The fourth-order valence-electron chi connectivity index (χ4n) is 0.322. The zero-order chi connectivity index (χ0) is 11.7. The van der Waals surface area contributed by atoms with E-state index in [1.54, 1.807) is 0 Å². The van der Waals surface area contributed by atoms with Gasteiger partial charge in [-0.3, -0.25) is 0 Å². The maximum absolute atomic E-state index is 7.62. The Morgan fingerprint density at radius 3 is 1.36 bits per heavy atom. The molecule has 0 fully saturated rings. The van der Waals surface area contributed by atoms with Crippen LogP contribution in [0.1, 0.15) is 20.3 Å². The van der Waals surface area contributed by atoms with Crippen LogP contribution in [0.5, 0.6) is 0 Å². The van der Waals surface area contributed by atoms with E-state index in [4.69, 9.17) is 14.9 Å². The van der Waals surface area contributed by atoms with Crippen molar-refractivity contribution in [1.82, 2.24) is 0 Å². The minimum Gasteiger partial charge on any atom is -0.394 e. The molecule has 0 rings (SSSR count). The first-order valence-electron chi connectivity index (χ1n) is 4.76. The lowest BCUT2D eigenvalue weighted by Gasteiger charge is -1.86. The van der Waals surface area contributed by atoms with Crippen molar-refractivity contribution in [1.29, 1.82) is 0 Å². The maximum Gasteiger partial charge on any atom is 0.0662 e. The topological polar surface area (TPSA) is 49.7 Å². The lowest BCUT2D eigenvalue weighted by molar-refractivity contribution is 0.162. The first kappa shape index (κ1) is 19.0. The zero-order valence-corrected chi connectivity index (χ0v) is 9.41. The number of hydrogen-bond acceptors (Lipinski definition) is 3. The van der Waals surface area contributed by atoms with Gasteiger partial charge in [-0.25, -0.2) is 0 Å². The highest BCUT2D eigenvalue weighted by molar-refractivity contribution is 4.79. The summed E-state index contributed by atoms with van der Waals surface area (Å²) in [6, 6.07) is 0. The molecule has 0 atom stereocenters. The molecule has 0 aromatic rings. The molecular formula is C11H24O3. The van der Waals surface area contributed by atoms with E-state index in [2.05, 4.69) is 13.2 Å². The Morgan fingerprint density at radius 1 is 1.00 bits per heavy atom. The molecule has 0 bridgehead atoms. The van der Waals surface area contributed by atoms with Crippen LogP contribution in [-0.4, -0.2) is 36.6 Å². The Balaban J connectivity index is -0.000000131. The van der Waals surface area contributed by atoms with Crippen molar-refractivity contribution in [2.75, 3.05) is 26.4 Å². The fourth-order valence-corrected chi connectivity index (χ4v) is 0.322. The predicted molar refractivity (Wildman–Crippen MR) is 61.3 cm³/mol. The number of allylic oxidation sites excluding steroid dienone is 2. The third-order valence-electron chi connectivity index (χ3n) is 0.842. The Hall–Kier alpha value is -0.640. The second-order valence-corrected chi connectivity index (χ2v) is 2.04. The lowest BCUT2D eigenvalue weighted by atomic mass is 10.4. The highest BCUT2D eigenvalue weighted by Crippen LogP contribution is 1.73. The smallest absolute Gasteiger partial charge is 0.0662 e. The molecule has 3 nitrogen and oxygen atoms in total. The second kappa shape index (κ2) is 29.4. The van der Waals surface area contributed by atoms with Crippen molar-refractivity contribution in [2.24, 2.45) is 0 Å². The van der Waals surface area contributed by atoms with E-state index in [1.165, 1.54) is 0 Å². The van der Waals surface area contributed by atoms with E-state index in [0.29, 0.717) is 0 Å². The van der Waals surface area contributed by atoms with Crippen LogP contribution in [0.2, 0.25) is 0 Å². The third kappa shape index (κ3) is 64.1. The highest BCUT2D eigenvalue weighted by atomic mass is 16.5. The molecule has 14 heavy (non-hydrogen) atoms. The maximum atomic E-state index is 7.62. The Labute approximate surface area is 87.7 Å². The quantitative estimate of drug-likeness (QED) is 0.671. The van der Waals surface area contributed by atoms with Crippen molar-refractivity contribution in [2.45, 2.75) is 20.3 Å². The highest BCUT2D eigenvalue weighted by Gasteiger charge is 1.64. The van der Waals surface area contributed by atoms with Crippen LogP contribution in [0.15, 0.2) is 25.3 Å². The average molecular weight is 204 g/mol. The summed E-state index contributed by atoms with van der Waals surface area (Å²) >= 11 is 0. The standard InChI is InChI=1S/C5H8.C4H10O.C2H6O2/c2*1-3-5-4-2;3-1-2-4/h3-4H,1-2,5H2;3-4H2,1-2H3;3-4H,1-2H2. The van der Waals surface area contributed by atoms with Crippen LogP contribution in [0.4, 0.5) is 0 Å². The van der Waals surface area contributed by atoms with E-state index in [0.717, 1.165) is 19.6 Å². The number of ether oxygens (including phenoxy) is 1. The SMILES string of the molecule is C=CCC=C.CCOCC.OCCO. The monoisotopic (exact) mass is 204 g/mol. The van der Waals surface area contributed by atoms with E-state index < -0.39 is 0 Å². The fraction of sp³-hybridized carbons (Fsp3) is 0.636. The molecule has 0 saturated heterocycles. The molecular weight excluding hydrogens is 180 g/mol. The van der Waals surface area contributed by atoms with Crippen LogP contribution < -0.4 is 0 Å². The zero-order valence-electron chi connectivity index (χ0n) is 9.41. The summed E-state index contributed by atoms with van der Waals surface area (Å²) in [5.74, 6) is 0. The second-order valence-electron chi connectivity index (χ2n) is 2.04. The molecule has 0 aromatic carbocycles. The van der Waals surface area contributed by atoms with Gasteiger partial charge >= 0.3 is 0 Å². The van der Waals surface area contributed by atoms with Crippen LogP contribution in [0.3, 0.4) is 0 Å². The number of rotatable bonds is 5. The van der Waals surface area contributed by atoms with Gasteiger partial charge in [0.05, 0.1) is 13.2 Å². The molecule has 2 N–H and O–H groups in total. The normalized spacial score (nSPS) is 7.43. The largest absolute Gasteiger partial charge is 0.394 e. The molecule has 0 unspecified atom stereocenters. The minimum atomic E-state index is -0.125. The van der Waals surface area contributed by atoms with Crippen LogP contribution in [0.25, 0.3) is 0 Å². The van der Waals surface area contributed by atoms with Gasteiger partial charge in [0, 0.05) is 13.2 Å². The molecule has 0 radical (unpaired) electrons. The van der Waals surface area contributed by atoms with E-state index in [9.17, 15) is 0 Å². The number of aliphatic hydroxyl groups is 2. The number of hydrogen-bond donors (Lipinski definition) is 2. The van der Waals surface area contributed by atoms with Crippen LogP contribution in [-0.2, 0) is 4.74 Å². The molecule has 86 valence electrons. The lowest BCUT2D eigenvalue weighted by Crippen LogP contribution is -1.85. The van der Waals surface area contributed by atoms with Crippen LogP contribution >= 0.6 is 0 Å². The van der Waals surface area contributed by atoms with Crippen molar-refractivity contribution >= 4 is 0 Å². The van der Waals surface area contributed by atoms with E-state index in [-0.39, 0.29) is 13.2 Å².